The Kier molecular flexibility index (Phi) is 10.6. The lowest BCUT2D eigenvalue weighted by Gasteiger charge is -2.46. The molecule has 7 nitrogen and oxygen atoms in total. The van der Waals surface area contributed by atoms with Crippen LogP contribution in [0.2, 0.25) is 0 Å². The molecule has 16 aromatic rings. The van der Waals surface area contributed by atoms with Gasteiger partial charge in [-0.1, -0.05) is 250 Å². The van der Waals surface area contributed by atoms with Gasteiger partial charge >= 0.3 is 0 Å². The van der Waals surface area contributed by atoms with Crippen LogP contribution in [0.3, 0.4) is 0 Å². The summed E-state index contributed by atoms with van der Waals surface area (Å²) in [5, 5.41) is 28.7. The number of nitrogens with zero attached hydrogens (tertiary/aromatic N) is 7. The summed E-state index contributed by atoms with van der Waals surface area (Å²) in [5.41, 5.74) is 13.7. The number of aromatic nitrogens is 3. The molecule has 0 saturated heterocycles. The number of hydrogen-bond donors (Lipinski definition) is 0. The number of fused-ring (bicyclic) bond motifs is 13. The van der Waals surface area contributed by atoms with Gasteiger partial charge in [-0.25, -0.2) is 0 Å². The van der Waals surface area contributed by atoms with Gasteiger partial charge in [0.15, 0.2) is 0 Å². The zero-order valence-corrected chi connectivity index (χ0v) is 56.7. The molecule has 0 bridgehead atoms. The Hall–Kier alpha value is -12.1. The van der Waals surface area contributed by atoms with Gasteiger partial charge in [0, 0.05) is 60.8 Å². The highest BCUT2D eigenvalue weighted by molar-refractivity contribution is 7.00. The van der Waals surface area contributed by atoms with Gasteiger partial charge in [0.2, 0.25) is 0 Å². The highest BCUT2D eigenvalue weighted by Gasteiger charge is 2.46. The monoisotopic (exact) mass is 1300 g/mol. The number of hydrogen-bond acceptors (Lipinski definition) is 4. The first-order valence-electron chi connectivity index (χ1n) is 40.2. The van der Waals surface area contributed by atoms with E-state index in [0.29, 0.717) is 61.9 Å². The Morgan fingerprint density at radius 1 is 0.340 bits per heavy atom. The molecule has 18 rings (SSSR count). The minimum Gasteiger partial charge on any atom is -0.310 e. The molecule has 0 atom stereocenters. The number of anilines is 6. The highest BCUT2D eigenvalue weighted by atomic mass is 15.2. The molecule has 0 spiro atoms. The van der Waals surface area contributed by atoms with E-state index >= 15 is 0 Å². The molecule has 8 heteroatoms. The maximum Gasteiger partial charge on any atom is 0.252 e. The third-order valence-corrected chi connectivity index (χ3v) is 20.4. The van der Waals surface area contributed by atoms with Crippen LogP contribution in [0.15, 0.2) is 273 Å². The largest absolute Gasteiger partial charge is 0.310 e. The van der Waals surface area contributed by atoms with Gasteiger partial charge in [-0.2, -0.15) is 10.5 Å². The normalized spacial score (nSPS) is 14.8. The van der Waals surface area contributed by atoms with Gasteiger partial charge in [-0.15, -0.1) is 0 Å². The Balaban J connectivity index is 1.03. The van der Waals surface area contributed by atoms with Crippen molar-refractivity contribution in [1.29, 1.82) is 10.5 Å². The zero-order valence-electron chi connectivity index (χ0n) is 69.7. The van der Waals surface area contributed by atoms with Crippen molar-refractivity contribution >= 4 is 123 Å². The molecular formula is C92H72BN7. The fraction of sp³-hybridized carbons (Fsp3) is 0.130. The smallest absolute Gasteiger partial charge is 0.252 e. The van der Waals surface area contributed by atoms with Gasteiger partial charge in [0.1, 0.15) is 17.7 Å². The van der Waals surface area contributed by atoms with Crippen molar-refractivity contribution in [2.45, 2.75) is 78.6 Å². The van der Waals surface area contributed by atoms with Crippen LogP contribution in [0.5, 0.6) is 0 Å². The summed E-state index contributed by atoms with van der Waals surface area (Å²) in [7, 11) is 0. The lowest BCUT2D eigenvalue weighted by atomic mass is 9.33. The van der Waals surface area contributed by atoms with E-state index in [2.05, 4.69) is 184 Å². The predicted molar refractivity (Wildman–Crippen MR) is 420 cm³/mol. The van der Waals surface area contributed by atoms with Crippen molar-refractivity contribution in [3.63, 3.8) is 0 Å². The summed E-state index contributed by atoms with van der Waals surface area (Å²) < 4.78 is 127. The van der Waals surface area contributed by atoms with Crippen molar-refractivity contribution in [2.75, 3.05) is 9.80 Å². The van der Waals surface area contributed by atoms with Crippen molar-refractivity contribution in [3.8, 4) is 51.5 Å². The van der Waals surface area contributed by atoms with Crippen LogP contribution in [0.25, 0.3) is 105 Å². The Morgan fingerprint density at radius 2 is 0.870 bits per heavy atom. The molecule has 2 aliphatic heterocycles. The average molecular weight is 1300 g/mol. The maximum absolute atomic E-state index is 12.6. The SMILES string of the molecule is [2H]c1c([2H])c([2H])c(-c2ccc3c(c2)N(c2ccc(C(C)(C)C)c(-n4c5ccccc5c5ccccc54)c2C#N)c2cc(C(C)(C)C)cc4c2B3c2ccc(-n3c5c([2H])c([2H])c([2H])c([2H])c5c5c([2H])c([2H])c([2H])c([2H])c53)cc2N4c2cc(-n3c4ccccc4c4ccc(-c5ccccc5)cc43)c(C(C)(C)C)cc2C#N)c([2H])c1[2H]. The second-order valence-corrected chi connectivity index (χ2v) is 29.4. The summed E-state index contributed by atoms with van der Waals surface area (Å²) in [6.45, 7) is 18.3. The molecule has 2 aliphatic rings. The Bertz CT molecular complexity index is 6880. The van der Waals surface area contributed by atoms with E-state index in [-0.39, 0.29) is 38.6 Å². The topological polar surface area (TPSA) is 68.8 Å². The van der Waals surface area contributed by atoms with Gasteiger partial charge in [-0.05, 0) is 156 Å². The summed E-state index contributed by atoms with van der Waals surface area (Å²) in [4.78, 5) is 4.19. The number of rotatable bonds is 7. The van der Waals surface area contributed by atoms with E-state index in [1.54, 1.807) is 12.1 Å². The molecule has 0 N–H and O–H groups in total. The first kappa shape index (κ1) is 47.8. The zero-order chi connectivity index (χ0) is 79.6. The van der Waals surface area contributed by atoms with Crippen LogP contribution in [0.4, 0.5) is 34.1 Å². The molecule has 0 unspecified atom stereocenters. The van der Waals surface area contributed by atoms with Gasteiger partial charge in [0.25, 0.3) is 6.71 Å². The number of para-hydroxylation sites is 5. The van der Waals surface area contributed by atoms with Crippen LogP contribution >= 0.6 is 0 Å². The van der Waals surface area contributed by atoms with Crippen molar-refractivity contribution in [3.05, 3.63) is 300 Å². The summed E-state index contributed by atoms with van der Waals surface area (Å²) in [6.07, 6.45) is 0. The summed E-state index contributed by atoms with van der Waals surface area (Å²) in [5.74, 6) is 0. The highest BCUT2D eigenvalue weighted by Crippen LogP contribution is 2.52. The lowest BCUT2D eigenvalue weighted by Crippen LogP contribution is -2.61. The minimum atomic E-state index is -0.800. The third kappa shape index (κ3) is 9.10. The average Bonchev–Trinajstić information content (AvgIpc) is 1.30. The maximum atomic E-state index is 12.6. The summed E-state index contributed by atoms with van der Waals surface area (Å²) in [6, 6.07) is 63.8. The van der Waals surface area contributed by atoms with E-state index < -0.39 is 102 Å². The van der Waals surface area contributed by atoms with Crippen molar-refractivity contribution in [2.24, 2.45) is 0 Å². The molecule has 0 amide bonds. The second-order valence-electron chi connectivity index (χ2n) is 29.4. The fourth-order valence-corrected chi connectivity index (χ4v) is 15.9. The standard InChI is InChI=1S/C92H72BN7/c1-90(2,3)62-51-86-88-87(52-62)99(81-54-83(72(92(7,8)9)48-61(81)55-94)97-77-37-23-18-34-68(77)69-43-40-59(49-82(69)97)57-26-12-10-13-27-57)85-53-63(96-75-35-21-16-30-64(75)65-31-17-22-36-76(65)96)42-46-74(85)93(88)73-45-41-60(58-28-14-11-15-29-58)50-84(73)98(86)80-47-44-71(91(4,5)6)89(70(80)56-95)100-78-38-24-19-32-66(78)67-33-20-25-39-79(67)100/h10-54H,1-9H3/i11D,14D,15D,16D,17D,21D,22D,28D,29D,30D,31D,35D,36D. The van der Waals surface area contributed by atoms with Crippen LogP contribution in [-0.2, 0) is 16.2 Å². The second kappa shape index (κ2) is 22.2. The van der Waals surface area contributed by atoms with E-state index in [1.807, 2.05) is 91.0 Å². The van der Waals surface area contributed by atoms with Crippen LogP contribution in [0, 0.1) is 22.7 Å². The predicted octanol–water partition coefficient (Wildman–Crippen LogP) is 22.0. The first-order valence-corrected chi connectivity index (χ1v) is 33.7. The molecule has 5 heterocycles. The minimum absolute atomic E-state index is 0.0386. The van der Waals surface area contributed by atoms with Crippen molar-refractivity contribution in [1.82, 2.24) is 13.7 Å². The lowest BCUT2D eigenvalue weighted by molar-refractivity contribution is 0.587. The van der Waals surface area contributed by atoms with Gasteiger partial charge < -0.3 is 23.5 Å². The van der Waals surface area contributed by atoms with Gasteiger partial charge in [0.05, 0.1) is 79.2 Å². The molecule has 0 aliphatic carbocycles. The van der Waals surface area contributed by atoms with Crippen LogP contribution in [0.1, 0.15) is 108 Å². The van der Waals surface area contributed by atoms with E-state index in [1.165, 1.54) is 4.57 Å². The van der Waals surface area contributed by atoms with E-state index in [9.17, 15) is 21.5 Å². The number of benzene rings is 13. The van der Waals surface area contributed by atoms with E-state index in [0.717, 1.165) is 82.6 Å². The fourth-order valence-electron chi connectivity index (χ4n) is 15.9. The first-order chi connectivity index (χ1) is 53.8. The number of nitriles is 2. The quantitative estimate of drug-likeness (QED) is 0.149. The molecule has 478 valence electrons. The van der Waals surface area contributed by atoms with Gasteiger partial charge in [-0.3, -0.25) is 0 Å². The van der Waals surface area contributed by atoms with E-state index in [4.69, 9.17) is 6.85 Å². The molecule has 100 heavy (non-hydrogen) atoms. The van der Waals surface area contributed by atoms with Crippen LogP contribution in [-0.4, -0.2) is 20.4 Å². The van der Waals surface area contributed by atoms with Crippen molar-refractivity contribution < 1.29 is 17.8 Å². The summed E-state index contributed by atoms with van der Waals surface area (Å²) >= 11 is 0. The Labute approximate surface area is 602 Å². The molecule has 0 radical (unpaired) electrons. The molecule has 13 aromatic carbocycles. The molecular weight excluding hydrogens is 1210 g/mol. The van der Waals surface area contributed by atoms with Crippen LogP contribution < -0.4 is 26.2 Å². The molecule has 3 aromatic heterocycles. The molecule has 0 saturated carbocycles. The Morgan fingerprint density at radius 3 is 1.47 bits per heavy atom. The molecule has 0 fully saturated rings. The third-order valence-electron chi connectivity index (χ3n) is 20.4.